The maximum Gasteiger partial charge on any atom is 0.234 e. The molecule has 0 spiro atoms. The van der Waals surface area contributed by atoms with E-state index in [0.29, 0.717) is 12.3 Å². The Balaban J connectivity index is 2.09. The van der Waals surface area contributed by atoms with E-state index >= 15 is 0 Å². The van der Waals surface area contributed by atoms with E-state index in [2.05, 4.69) is 28.8 Å². The molecular formula is C15H14N2OS. The van der Waals surface area contributed by atoms with Crippen molar-refractivity contribution in [1.29, 1.82) is 0 Å². The number of thioether (sulfide) groups is 1. The molecule has 1 aromatic heterocycles. The summed E-state index contributed by atoms with van der Waals surface area (Å²) in [5.74, 6) is 3.21. The fourth-order valence-corrected chi connectivity index (χ4v) is 3.76. The highest BCUT2D eigenvalue weighted by molar-refractivity contribution is 8.00. The summed E-state index contributed by atoms with van der Waals surface area (Å²) >= 11 is 1.65. The quantitative estimate of drug-likeness (QED) is 0.783. The van der Waals surface area contributed by atoms with Crippen LogP contribution in [0.3, 0.4) is 0 Å². The Bertz CT molecular complexity index is 683. The lowest BCUT2D eigenvalue weighted by Gasteiger charge is -2.21. The summed E-state index contributed by atoms with van der Waals surface area (Å²) in [6.07, 6.45) is 7.47. The molecule has 3 rings (SSSR count). The Morgan fingerprint density at radius 1 is 1.47 bits per heavy atom. The minimum absolute atomic E-state index is 0.0367. The third-order valence-corrected chi connectivity index (χ3v) is 4.66. The summed E-state index contributed by atoms with van der Waals surface area (Å²) in [5.41, 5.74) is 2.35. The fourth-order valence-electron chi connectivity index (χ4n) is 2.55. The number of fused-ring (bicyclic) bond motifs is 1. The molecule has 0 aliphatic carbocycles. The van der Waals surface area contributed by atoms with Crippen LogP contribution in [0.1, 0.15) is 10.9 Å². The first kappa shape index (κ1) is 12.2. The molecule has 2 aromatic rings. The first-order valence-electron chi connectivity index (χ1n) is 6.11. The van der Waals surface area contributed by atoms with Crippen LogP contribution in [-0.4, -0.2) is 27.7 Å². The number of amides is 1. The summed E-state index contributed by atoms with van der Waals surface area (Å²) in [6.45, 7) is 0.375. The van der Waals surface area contributed by atoms with Crippen LogP contribution in [0, 0.1) is 12.3 Å². The van der Waals surface area contributed by atoms with Crippen LogP contribution in [0.4, 0.5) is 0 Å². The molecule has 0 N–H and O–H groups in total. The van der Waals surface area contributed by atoms with E-state index in [4.69, 9.17) is 6.42 Å². The van der Waals surface area contributed by atoms with Crippen LogP contribution in [0.25, 0.3) is 10.9 Å². The van der Waals surface area contributed by atoms with Gasteiger partial charge >= 0.3 is 0 Å². The molecule has 4 heteroatoms. The molecule has 1 amide bonds. The third-order valence-electron chi connectivity index (χ3n) is 3.42. The number of rotatable bonds is 2. The van der Waals surface area contributed by atoms with Crippen LogP contribution >= 0.6 is 11.8 Å². The zero-order valence-electron chi connectivity index (χ0n) is 10.7. The summed E-state index contributed by atoms with van der Waals surface area (Å²) in [5, 5.41) is 1.23. The number of aryl methyl sites for hydroxylation is 1. The van der Waals surface area contributed by atoms with Gasteiger partial charge < -0.3 is 9.47 Å². The van der Waals surface area contributed by atoms with E-state index in [9.17, 15) is 4.79 Å². The van der Waals surface area contributed by atoms with E-state index in [-0.39, 0.29) is 11.3 Å². The Labute approximate surface area is 116 Å². The van der Waals surface area contributed by atoms with E-state index in [0.717, 1.165) is 0 Å². The average molecular weight is 270 g/mol. The maximum atomic E-state index is 11.9. The monoisotopic (exact) mass is 270 g/mol. The van der Waals surface area contributed by atoms with Crippen molar-refractivity contribution in [3.8, 4) is 12.3 Å². The van der Waals surface area contributed by atoms with Crippen molar-refractivity contribution in [2.24, 2.45) is 7.05 Å². The number of hydrogen-bond donors (Lipinski definition) is 0. The number of terminal acetylenes is 1. The lowest BCUT2D eigenvalue weighted by molar-refractivity contribution is -0.127. The Kier molecular flexibility index (Phi) is 3.00. The van der Waals surface area contributed by atoms with Gasteiger partial charge in [-0.1, -0.05) is 24.1 Å². The summed E-state index contributed by atoms with van der Waals surface area (Å²) in [4.78, 5) is 13.7. The summed E-state index contributed by atoms with van der Waals surface area (Å²) < 4.78 is 2.10. The minimum Gasteiger partial charge on any atom is -0.350 e. The van der Waals surface area contributed by atoms with Gasteiger partial charge in [0.1, 0.15) is 5.37 Å². The normalized spacial score (nSPS) is 19.1. The summed E-state index contributed by atoms with van der Waals surface area (Å²) in [7, 11) is 2.03. The van der Waals surface area contributed by atoms with Gasteiger partial charge in [-0.3, -0.25) is 4.79 Å². The van der Waals surface area contributed by atoms with Crippen molar-refractivity contribution >= 4 is 28.6 Å². The van der Waals surface area contributed by atoms with Gasteiger partial charge in [0.2, 0.25) is 5.91 Å². The SMILES string of the molecule is C#CCN1C(=O)CSC1c1cn(C)c2ccccc12. The maximum absolute atomic E-state index is 11.9. The standard InChI is InChI=1S/C15H14N2OS/c1-3-8-17-14(18)10-19-15(17)12-9-16(2)13-7-5-4-6-11(12)13/h1,4-7,9,15H,8,10H2,2H3. The van der Waals surface area contributed by atoms with Gasteiger partial charge in [-0.15, -0.1) is 18.2 Å². The zero-order valence-corrected chi connectivity index (χ0v) is 11.5. The molecule has 1 aliphatic rings. The van der Waals surface area contributed by atoms with Crippen LogP contribution in [0.15, 0.2) is 30.5 Å². The topological polar surface area (TPSA) is 25.2 Å². The third kappa shape index (κ3) is 1.91. The number of nitrogens with zero attached hydrogens (tertiary/aromatic N) is 2. The average Bonchev–Trinajstić information content (AvgIpc) is 2.93. The smallest absolute Gasteiger partial charge is 0.234 e. The van der Waals surface area contributed by atoms with Crippen molar-refractivity contribution in [2.45, 2.75) is 5.37 Å². The van der Waals surface area contributed by atoms with Crippen molar-refractivity contribution in [1.82, 2.24) is 9.47 Å². The van der Waals surface area contributed by atoms with Gasteiger partial charge in [0, 0.05) is 29.7 Å². The van der Waals surface area contributed by atoms with Crippen LogP contribution in [0.5, 0.6) is 0 Å². The Morgan fingerprint density at radius 2 is 2.26 bits per heavy atom. The Hall–Kier alpha value is -1.86. The van der Waals surface area contributed by atoms with E-state index in [1.165, 1.54) is 16.5 Å². The number of benzene rings is 1. The van der Waals surface area contributed by atoms with E-state index < -0.39 is 0 Å². The molecule has 0 saturated carbocycles. The lowest BCUT2D eigenvalue weighted by atomic mass is 10.1. The molecule has 1 unspecified atom stereocenters. The lowest BCUT2D eigenvalue weighted by Crippen LogP contribution is -2.28. The predicted molar refractivity (Wildman–Crippen MR) is 78.7 cm³/mol. The molecule has 19 heavy (non-hydrogen) atoms. The largest absolute Gasteiger partial charge is 0.350 e. The van der Waals surface area contributed by atoms with Gasteiger partial charge in [0.05, 0.1) is 12.3 Å². The zero-order chi connectivity index (χ0) is 13.4. The number of para-hydroxylation sites is 1. The highest BCUT2D eigenvalue weighted by Crippen LogP contribution is 2.41. The molecule has 1 aromatic carbocycles. The highest BCUT2D eigenvalue weighted by atomic mass is 32.2. The Morgan fingerprint density at radius 3 is 3.05 bits per heavy atom. The molecule has 2 heterocycles. The molecular weight excluding hydrogens is 256 g/mol. The van der Waals surface area contributed by atoms with E-state index in [1.807, 2.05) is 19.2 Å². The minimum atomic E-state index is 0.0367. The molecule has 1 atom stereocenters. The van der Waals surface area contributed by atoms with Crippen molar-refractivity contribution in [2.75, 3.05) is 12.3 Å². The number of carbonyl (C=O) groups is 1. The second-order valence-electron chi connectivity index (χ2n) is 4.60. The van der Waals surface area contributed by atoms with Crippen molar-refractivity contribution < 1.29 is 4.79 Å². The highest BCUT2D eigenvalue weighted by Gasteiger charge is 2.33. The number of hydrogen-bond acceptors (Lipinski definition) is 2. The van der Waals surface area contributed by atoms with Gasteiger partial charge in [0.25, 0.3) is 0 Å². The molecule has 3 nitrogen and oxygen atoms in total. The number of aromatic nitrogens is 1. The summed E-state index contributed by atoms with van der Waals surface area (Å²) in [6, 6.07) is 8.24. The van der Waals surface area contributed by atoms with Crippen LogP contribution in [0.2, 0.25) is 0 Å². The van der Waals surface area contributed by atoms with Crippen LogP contribution in [-0.2, 0) is 11.8 Å². The van der Waals surface area contributed by atoms with Crippen LogP contribution < -0.4 is 0 Å². The second-order valence-corrected chi connectivity index (χ2v) is 5.67. The molecule has 1 aliphatic heterocycles. The number of carbonyl (C=O) groups excluding carboxylic acids is 1. The van der Waals surface area contributed by atoms with Gasteiger partial charge in [-0.25, -0.2) is 0 Å². The van der Waals surface area contributed by atoms with Crippen molar-refractivity contribution in [3.05, 3.63) is 36.0 Å². The molecule has 96 valence electrons. The first-order chi connectivity index (χ1) is 9.22. The molecule has 0 bridgehead atoms. The first-order valence-corrected chi connectivity index (χ1v) is 7.15. The predicted octanol–water partition coefficient (Wildman–Crippen LogP) is 2.39. The van der Waals surface area contributed by atoms with Crippen molar-refractivity contribution in [3.63, 3.8) is 0 Å². The van der Waals surface area contributed by atoms with Gasteiger partial charge in [0.15, 0.2) is 0 Å². The van der Waals surface area contributed by atoms with E-state index in [1.54, 1.807) is 16.7 Å². The van der Waals surface area contributed by atoms with Gasteiger partial charge in [-0.05, 0) is 6.07 Å². The molecule has 1 fully saturated rings. The molecule has 0 radical (unpaired) electrons. The fraction of sp³-hybridized carbons (Fsp3) is 0.267. The second kappa shape index (κ2) is 4.67. The molecule has 1 saturated heterocycles. The van der Waals surface area contributed by atoms with Gasteiger partial charge in [-0.2, -0.15) is 0 Å².